The molecule has 2 aromatic rings. The molecule has 2 aromatic carbocycles. The van der Waals surface area contributed by atoms with Gasteiger partial charge in [0, 0.05) is 36.8 Å². The first-order valence-electron chi connectivity index (χ1n) is 9.99. The number of amides is 1. The molecule has 4 rings (SSSR count). The minimum absolute atomic E-state index is 0.168. The molecule has 1 amide bonds. The van der Waals surface area contributed by atoms with Crippen molar-refractivity contribution in [1.82, 2.24) is 4.31 Å². The van der Waals surface area contributed by atoms with E-state index in [1.54, 1.807) is 6.07 Å². The van der Waals surface area contributed by atoms with Gasteiger partial charge in [0.2, 0.25) is 10.0 Å². The number of sulfonamides is 1. The van der Waals surface area contributed by atoms with Crippen LogP contribution in [0.25, 0.3) is 0 Å². The maximum Gasteiger partial charge on any atom is 0.255 e. The Hall–Kier alpha value is -2.13. The van der Waals surface area contributed by atoms with E-state index in [2.05, 4.69) is 10.2 Å². The highest BCUT2D eigenvalue weighted by atomic mass is 35.5. The number of benzene rings is 2. The summed E-state index contributed by atoms with van der Waals surface area (Å²) in [7, 11) is -3.59. The van der Waals surface area contributed by atoms with Gasteiger partial charge in [-0.05, 0) is 55.3 Å². The SMILES string of the molecule is O=C(Nc1cc(Cl)ccc1N1CCCC1)c1ccc(S(=O)(=O)N2CCOCC2)cc1. The Labute approximate surface area is 181 Å². The first-order valence-corrected chi connectivity index (χ1v) is 11.8. The number of carbonyl (C=O) groups excluding carboxylic acids is 1. The predicted molar refractivity (Wildman–Crippen MR) is 117 cm³/mol. The van der Waals surface area contributed by atoms with Crippen LogP contribution in [0.1, 0.15) is 23.2 Å². The fraction of sp³-hybridized carbons (Fsp3) is 0.381. The number of rotatable bonds is 5. The van der Waals surface area contributed by atoms with Gasteiger partial charge in [-0.15, -0.1) is 0 Å². The highest BCUT2D eigenvalue weighted by Gasteiger charge is 2.26. The second-order valence-corrected chi connectivity index (χ2v) is 9.72. The number of morpholine rings is 1. The molecule has 2 saturated heterocycles. The topological polar surface area (TPSA) is 79.0 Å². The van der Waals surface area contributed by atoms with E-state index < -0.39 is 10.0 Å². The van der Waals surface area contributed by atoms with Crippen molar-refractivity contribution in [2.45, 2.75) is 17.7 Å². The third kappa shape index (κ3) is 4.46. The number of carbonyl (C=O) groups is 1. The van der Waals surface area contributed by atoms with Crippen molar-refractivity contribution in [3.05, 3.63) is 53.1 Å². The summed E-state index contributed by atoms with van der Waals surface area (Å²) < 4.78 is 32.1. The number of nitrogens with one attached hydrogen (secondary N) is 1. The van der Waals surface area contributed by atoms with Crippen LogP contribution in [-0.2, 0) is 14.8 Å². The van der Waals surface area contributed by atoms with Gasteiger partial charge in [-0.25, -0.2) is 8.42 Å². The normalized spacial score (nSPS) is 17.8. The minimum Gasteiger partial charge on any atom is -0.379 e. The zero-order chi connectivity index (χ0) is 21.1. The lowest BCUT2D eigenvalue weighted by Gasteiger charge is -2.26. The van der Waals surface area contributed by atoms with Crippen LogP contribution in [0.3, 0.4) is 0 Å². The Bertz CT molecular complexity index is 1020. The van der Waals surface area contributed by atoms with Gasteiger partial charge in [-0.3, -0.25) is 4.79 Å². The summed E-state index contributed by atoms with van der Waals surface area (Å²) in [6, 6.07) is 11.5. The second kappa shape index (κ2) is 8.93. The lowest BCUT2D eigenvalue weighted by Crippen LogP contribution is -2.40. The molecule has 7 nitrogen and oxygen atoms in total. The number of hydrogen-bond donors (Lipinski definition) is 1. The Morgan fingerprint density at radius 2 is 1.63 bits per heavy atom. The molecule has 160 valence electrons. The number of ether oxygens (including phenoxy) is 1. The van der Waals surface area contributed by atoms with E-state index in [0.717, 1.165) is 31.6 Å². The van der Waals surface area contributed by atoms with Crippen molar-refractivity contribution in [3.8, 4) is 0 Å². The van der Waals surface area contributed by atoms with Crippen LogP contribution in [0.15, 0.2) is 47.4 Å². The van der Waals surface area contributed by atoms with Gasteiger partial charge >= 0.3 is 0 Å². The maximum atomic E-state index is 12.8. The number of halogens is 1. The Morgan fingerprint density at radius 1 is 0.967 bits per heavy atom. The summed E-state index contributed by atoms with van der Waals surface area (Å²) in [4.78, 5) is 15.2. The third-order valence-corrected chi connectivity index (χ3v) is 7.53. The summed E-state index contributed by atoms with van der Waals surface area (Å²) in [6.07, 6.45) is 2.24. The summed E-state index contributed by atoms with van der Waals surface area (Å²) >= 11 is 6.15. The average molecular weight is 450 g/mol. The van der Waals surface area contributed by atoms with Gasteiger partial charge in [-0.1, -0.05) is 11.6 Å². The second-order valence-electron chi connectivity index (χ2n) is 7.35. The molecule has 0 radical (unpaired) electrons. The van der Waals surface area contributed by atoms with E-state index >= 15 is 0 Å². The smallest absolute Gasteiger partial charge is 0.255 e. The number of nitrogens with zero attached hydrogens (tertiary/aromatic N) is 2. The molecule has 30 heavy (non-hydrogen) atoms. The van der Waals surface area contributed by atoms with Gasteiger partial charge in [0.05, 0.1) is 29.5 Å². The van der Waals surface area contributed by atoms with Crippen molar-refractivity contribution in [2.75, 3.05) is 49.6 Å². The largest absolute Gasteiger partial charge is 0.379 e. The van der Waals surface area contributed by atoms with E-state index in [4.69, 9.17) is 16.3 Å². The van der Waals surface area contributed by atoms with Crippen LogP contribution in [0.4, 0.5) is 11.4 Å². The van der Waals surface area contributed by atoms with Crippen LogP contribution < -0.4 is 10.2 Å². The van der Waals surface area contributed by atoms with Crippen molar-refractivity contribution < 1.29 is 17.9 Å². The zero-order valence-corrected chi connectivity index (χ0v) is 18.1. The van der Waals surface area contributed by atoms with Gasteiger partial charge in [0.1, 0.15) is 0 Å². The van der Waals surface area contributed by atoms with Gasteiger partial charge in [0.15, 0.2) is 0 Å². The summed E-state index contributed by atoms with van der Waals surface area (Å²) in [5.41, 5.74) is 1.97. The van der Waals surface area contributed by atoms with Crippen molar-refractivity contribution >= 4 is 38.9 Å². The van der Waals surface area contributed by atoms with Crippen LogP contribution in [0.5, 0.6) is 0 Å². The molecule has 2 fully saturated rings. The molecule has 2 aliphatic heterocycles. The average Bonchev–Trinajstić information content (AvgIpc) is 3.29. The first kappa shape index (κ1) is 21.1. The Kier molecular flexibility index (Phi) is 6.29. The fourth-order valence-corrected chi connectivity index (χ4v) is 5.33. The number of hydrogen-bond acceptors (Lipinski definition) is 5. The Morgan fingerprint density at radius 3 is 2.30 bits per heavy atom. The van der Waals surface area contributed by atoms with Crippen LogP contribution >= 0.6 is 11.6 Å². The molecule has 2 aliphatic rings. The van der Waals surface area contributed by atoms with E-state index in [9.17, 15) is 13.2 Å². The molecule has 0 aliphatic carbocycles. The van der Waals surface area contributed by atoms with Crippen LogP contribution in [0, 0.1) is 0 Å². The standard InChI is InChI=1S/C21H24ClN3O4S/c22-17-5-8-20(24-9-1-2-10-24)19(15-17)23-21(26)16-3-6-18(7-4-16)30(27,28)25-11-13-29-14-12-25/h3-8,15H,1-2,9-14H2,(H,23,26). The zero-order valence-electron chi connectivity index (χ0n) is 16.5. The lowest BCUT2D eigenvalue weighted by molar-refractivity contribution is 0.0730. The van der Waals surface area contributed by atoms with Crippen LogP contribution in [0.2, 0.25) is 5.02 Å². The van der Waals surface area contributed by atoms with E-state index in [1.807, 2.05) is 12.1 Å². The molecule has 0 bridgehead atoms. The van der Waals surface area contributed by atoms with Crippen molar-refractivity contribution in [1.29, 1.82) is 0 Å². The monoisotopic (exact) mass is 449 g/mol. The lowest BCUT2D eigenvalue weighted by atomic mass is 10.2. The summed E-state index contributed by atoms with van der Waals surface area (Å²) in [6.45, 7) is 3.33. The van der Waals surface area contributed by atoms with Crippen molar-refractivity contribution in [2.24, 2.45) is 0 Å². The van der Waals surface area contributed by atoms with Crippen molar-refractivity contribution in [3.63, 3.8) is 0 Å². The number of anilines is 2. The fourth-order valence-electron chi connectivity index (χ4n) is 3.75. The summed E-state index contributed by atoms with van der Waals surface area (Å²) in [5.74, 6) is -0.312. The molecule has 0 spiro atoms. The Balaban J connectivity index is 1.51. The van der Waals surface area contributed by atoms with Crippen LogP contribution in [-0.4, -0.2) is 58.0 Å². The molecular formula is C21H24ClN3O4S. The molecule has 0 unspecified atom stereocenters. The molecule has 0 aromatic heterocycles. The van der Waals surface area contributed by atoms with Gasteiger partial charge in [-0.2, -0.15) is 4.31 Å². The van der Waals surface area contributed by atoms with Gasteiger partial charge < -0.3 is 15.0 Å². The highest BCUT2D eigenvalue weighted by molar-refractivity contribution is 7.89. The van der Waals surface area contributed by atoms with Gasteiger partial charge in [0.25, 0.3) is 5.91 Å². The molecule has 0 saturated carbocycles. The molecule has 0 atom stereocenters. The third-order valence-electron chi connectivity index (χ3n) is 5.38. The van der Waals surface area contributed by atoms with E-state index in [-0.39, 0.29) is 10.8 Å². The first-order chi connectivity index (χ1) is 14.4. The molecular weight excluding hydrogens is 426 g/mol. The summed E-state index contributed by atoms with van der Waals surface area (Å²) in [5, 5.41) is 3.47. The minimum atomic E-state index is -3.59. The quantitative estimate of drug-likeness (QED) is 0.758. The molecule has 2 heterocycles. The molecule has 9 heteroatoms. The maximum absolute atomic E-state index is 12.8. The predicted octanol–water partition coefficient (Wildman–Crippen LogP) is 3.21. The molecule has 1 N–H and O–H groups in total. The van der Waals surface area contributed by atoms with E-state index in [0.29, 0.717) is 42.6 Å². The van der Waals surface area contributed by atoms with E-state index in [1.165, 1.54) is 28.6 Å². The highest BCUT2D eigenvalue weighted by Crippen LogP contribution is 2.32.